The third-order valence-electron chi connectivity index (χ3n) is 2.22. The van der Waals surface area contributed by atoms with Gasteiger partial charge in [0.2, 0.25) is 0 Å². The van der Waals surface area contributed by atoms with Crippen molar-refractivity contribution in [3.63, 3.8) is 0 Å². The van der Waals surface area contributed by atoms with Gasteiger partial charge in [0, 0.05) is 10.8 Å². The first-order chi connectivity index (χ1) is 7.50. The fourth-order valence-electron chi connectivity index (χ4n) is 1.55. The van der Waals surface area contributed by atoms with E-state index < -0.39 is 17.9 Å². The molecule has 1 aromatic carbocycles. The van der Waals surface area contributed by atoms with Crippen molar-refractivity contribution in [1.82, 2.24) is 0 Å². The van der Waals surface area contributed by atoms with Gasteiger partial charge in [-0.2, -0.15) is 0 Å². The highest BCUT2D eigenvalue weighted by atomic mass is 32.1. The summed E-state index contributed by atoms with van der Waals surface area (Å²) >= 11 is 4.20. The van der Waals surface area contributed by atoms with Crippen LogP contribution in [0.5, 0.6) is 0 Å². The van der Waals surface area contributed by atoms with Crippen LogP contribution in [0.25, 0.3) is 0 Å². The van der Waals surface area contributed by atoms with Gasteiger partial charge in [-0.05, 0) is 11.6 Å². The molecular weight excluding hydrogens is 228 g/mol. The molecule has 2 N–H and O–H groups in total. The van der Waals surface area contributed by atoms with E-state index >= 15 is 0 Å². The Hall–Kier alpha value is -1.49. The van der Waals surface area contributed by atoms with Crippen LogP contribution >= 0.6 is 12.6 Å². The lowest BCUT2D eigenvalue weighted by Crippen LogP contribution is -2.11. The zero-order valence-electron chi connectivity index (χ0n) is 8.46. The second-order valence-corrected chi connectivity index (χ2v) is 3.93. The van der Waals surface area contributed by atoms with E-state index in [0.717, 1.165) is 0 Å². The van der Waals surface area contributed by atoms with E-state index in [0.29, 0.717) is 10.5 Å². The monoisotopic (exact) mass is 240 g/mol. The van der Waals surface area contributed by atoms with E-state index in [-0.39, 0.29) is 12.8 Å². The number of hydrogen-bond donors (Lipinski definition) is 3. The first kappa shape index (κ1) is 12.6. The van der Waals surface area contributed by atoms with Crippen molar-refractivity contribution < 1.29 is 19.8 Å². The van der Waals surface area contributed by atoms with Gasteiger partial charge < -0.3 is 10.2 Å². The summed E-state index contributed by atoms with van der Waals surface area (Å²) in [5.41, 5.74) is 0.663. The van der Waals surface area contributed by atoms with Crippen molar-refractivity contribution in [2.45, 2.75) is 23.7 Å². The second-order valence-electron chi connectivity index (χ2n) is 3.45. The highest BCUT2D eigenvalue weighted by Gasteiger charge is 2.20. The molecule has 4 nitrogen and oxygen atoms in total. The minimum atomic E-state index is -1.01. The summed E-state index contributed by atoms with van der Waals surface area (Å²) < 4.78 is 0. The number of carbonyl (C=O) groups is 2. The second kappa shape index (κ2) is 5.55. The Balaban J connectivity index is 2.96. The molecule has 0 heterocycles. The maximum absolute atomic E-state index is 10.7. The third kappa shape index (κ3) is 3.58. The molecule has 0 unspecified atom stereocenters. The SMILES string of the molecule is O=C(O)CC(CC(=O)O)c1ccccc1S. The molecule has 0 bridgehead atoms. The first-order valence-electron chi connectivity index (χ1n) is 4.72. The number of carboxylic acids is 2. The van der Waals surface area contributed by atoms with Gasteiger partial charge in [-0.3, -0.25) is 9.59 Å². The highest BCUT2D eigenvalue weighted by molar-refractivity contribution is 7.80. The molecule has 1 aromatic rings. The molecular formula is C11H12O4S. The van der Waals surface area contributed by atoms with Gasteiger partial charge in [-0.1, -0.05) is 18.2 Å². The van der Waals surface area contributed by atoms with Crippen molar-refractivity contribution >= 4 is 24.6 Å². The average Bonchev–Trinajstić information content (AvgIpc) is 2.15. The number of carboxylic acid groups (broad SMARTS) is 2. The summed E-state index contributed by atoms with van der Waals surface area (Å²) in [7, 11) is 0. The van der Waals surface area contributed by atoms with Gasteiger partial charge in [0.05, 0.1) is 12.8 Å². The molecule has 0 aliphatic carbocycles. The van der Waals surface area contributed by atoms with Crippen molar-refractivity contribution in [2.75, 3.05) is 0 Å². The van der Waals surface area contributed by atoms with Gasteiger partial charge >= 0.3 is 11.9 Å². The smallest absolute Gasteiger partial charge is 0.303 e. The molecule has 16 heavy (non-hydrogen) atoms. The fourth-order valence-corrected chi connectivity index (χ4v) is 1.89. The van der Waals surface area contributed by atoms with Crippen LogP contribution in [-0.2, 0) is 9.59 Å². The van der Waals surface area contributed by atoms with E-state index in [9.17, 15) is 9.59 Å². The first-order valence-corrected chi connectivity index (χ1v) is 5.17. The van der Waals surface area contributed by atoms with Gasteiger partial charge in [-0.25, -0.2) is 0 Å². The van der Waals surface area contributed by atoms with Crippen LogP contribution in [0.1, 0.15) is 24.3 Å². The van der Waals surface area contributed by atoms with E-state index in [1.54, 1.807) is 24.3 Å². The van der Waals surface area contributed by atoms with Crippen LogP contribution in [-0.4, -0.2) is 22.2 Å². The van der Waals surface area contributed by atoms with Crippen molar-refractivity contribution in [1.29, 1.82) is 0 Å². The Morgan fingerprint density at radius 1 is 1.12 bits per heavy atom. The summed E-state index contributed by atoms with van der Waals surface area (Å²) in [6, 6.07) is 6.93. The third-order valence-corrected chi connectivity index (χ3v) is 2.63. The molecule has 0 amide bonds. The molecule has 0 aliphatic rings. The Kier molecular flexibility index (Phi) is 4.37. The number of rotatable bonds is 5. The molecule has 0 fully saturated rings. The Morgan fingerprint density at radius 3 is 2.06 bits per heavy atom. The Morgan fingerprint density at radius 2 is 1.62 bits per heavy atom. The lowest BCUT2D eigenvalue weighted by Gasteiger charge is -2.14. The molecule has 0 saturated heterocycles. The molecule has 0 spiro atoms. The summed E-state index contributed by atoms with van der Waals surface area (Å²) in [5.74, 6) is -2.56. The molecule has 86 valence electrons. The predicted molar refractivity (Wildman–Crippen MR) is 60.9 cm³/mol. The maximum atomic E-state index is 10.7. The van der Waals surface area contributed by atoms with Gasteiger partial charge in [-0.15, -0.1) is 12.6 Å². The van der Waals surface area contributed by atoms with Gasteiger partial charge in [0.25, 0.3) is 0 Å². The van der Waals surface area contributed by atoms with Crippen LogP contribution in [0.3, 0.4) is 0 Å². The minimum Gasteiger partial charge on any atom is -0.481 e. The fraction of sp³-hybridized carbons (Fsp3) is 0.273. The van der Waals surface area contributed by atoms with Crippen molar-refractivity contribution in [3.8, 4) is 0 Å². The molecule has 0 radical (unpaired) electrons. The average molecular weight is 240 g/mol. The lowest BCUT2D eigenvalue weighted by molar-refractivity contribution is -0.139. The van der Waals surface area contributed by atoms with Crippen LogP contribution in [0.4, 0.5) is 0 Å². The summed E-state index contributed by atoms with van der Waals surface area (Å²) in [6.07, 6.45) is -0.409. The normalized spacial score (nSPS) is 10.4. The lowest BCUT2D eigenvalue weighted by atomic mass is 9.92. The number of hydrogen-bond acceptors (Lipinski definition) is 3. The molecule has 0 aliphatic heterocycles. The molecule has 1 rings (SSSR count). The summed E-state index contributed by atoms with van der Waals surface area (Å²) in [5, 5.41) is 17.5. The summed E-state index contributed by atoms with van der Waals surface area (Å²) in [6.45, 7) is 0. The van der Waals surface area contributed by atoms with Gasteiger partial charge in [0.1, 0.15) is 0 Å². The van der Waals surface area contributed by atoms with Crippen LogP contribution in [0.2, 0.25) is 0 Å². The van der Waals surface area contributed by atoms with E-state index in [2.05, 4.69) is 12.6 Å². The minimum absolute atomic E-state index is 0.204. The predicted octanol–water partition coefficient (Wildman–Crippen LogP) is 2.01. The topological polar surface area (TPSA) is 74.6 Å². The quantitative estimate of drug-likeness (QED) is 0.688. The van der Waals surface area contributed by atoms with Crippen molar-refractivity contribution in [3.05, 3.63) is 29.8 Å². The molecule has 0 aromatic heterocycles. The zero-order chi connectivity index (χ0) is 12.1. The van der Waals surface area contributed by atoms with Gasteiger partial charge in [0.15, 0.2) is 0 Å². The van der Waals surface area contributed by atoms with Crippen LogP contribution in [0, 0.1) is 0 Å². The van der Waals surface area contributed by atoms with E-state index in [1.165, 1.54) is 0 Å². The summed E-state index contributed by atoms with van der Waals surface area (Å²) in [4.78, 5) is 21.9. The zero-order valence-corrected chi connectivity index (χ0v) is 9.35. The highest BCUT2D eigenvalue weighted by Crippen LogP contribution is 2.28. The van der Waals surface area contributed by atoms with E-state index in [1.807, 2.05) is 0 Å². The van der Waals surface area contributed by atoms with Crippen molar-refractivity contribution in [2.24, 2.45) is 0 Å². The number of benzene rings is 1. The largest absolute Gasteiger partial charge is 0.481 e. The Bertz CT molecular complexity index is 387. The van der Waals surface area contributed by atoms with Crippen LogP contribution in [0.15, 0.2) is 29.2 Å². The van der Waals surface area contributed by atoms with E-state index in [4.69, 9.17) is 10.2 Å². The standard InChI is InChI=1S/C11H12O4S/c12-10(13)5-7(6-11(14)15)8-3-1-2-4-9(8)16/h1-4,7,16H,5-6H2,(H,12,13)(H,14,15). The maximum Gasteiger partial charge on any atom is 0.303 e. The molecule has 0 saturated carbocycles. The number of aliphatic carboxylic acids is 2. The molecule has 5 heteroatoms. The van der Waals surface area contributed by atoms with Crippen LogP contribution < -0.4 is 0 Å². The Labute approximate surface area is 98.3 Å². The number of thiol groups is 1. The molecule has 0 atom stereocenters.